The van der Waals surface area contributed by atoms with Gasteiger partial charge >= 0.3 is 0 Å². The number of carbonyl (C=O) groups is 2. The molecule has 4 atom stereocenters. The summed E-state index contributed by atoms with van der Waals surface area (Å²) in [4.78, 5) is 31.8. The van der Waals surface area contributed by atoms with Gasteiger partial charge in [-0.25, -0.2) is 0 Å². The van der Waals surface area contributed by atoms with Gasteiger partial charge in [-0.15, -0.1) is 0 Å². The lowest BCUT2D eigenvalue weighted by Gasteiger charge is -2.37. The van der Waals surface area contributed by atoms with Gasteiger partial charge in [0.05, 0.1) is 12.1 Å². The topological polar surface area (TPSA) is 82.4 Å². The molecule has 3 aliphatic heterocycles. The highest BCUT2D eigenvalue weighted by atomic mass is 35.6. The summed E-state index contributed by atoms with van der Waals surface area (Å²) in [6, 6.07) is 20.5. The van der Waals surface area contributed by atoms with Crippen LogP contribution in [0.4, 0.5) is 0 Å². The Morgan fingerprint density at radius 3 is 1.52 bits per heavy atom. The Bertz CT molecular complexity index is 1410. The first-order valence-corrected chi connectivity index (χ1v) is 25.8. The number of aliphatic hydroxyl groups excluding tert-OH is 1. The number of nitrogens with zero attached hydrogens (tertiary/aromatic N) is 3. The van der Waals surface area contributed by atoms with Crippen molar-refractivity contribution in [2.75, 3.05) is 26.3 Å². The molecule has 0 radical (unpaired) electrons. The number of halogens is 1. The van der Waals surface area contributed by atoms with E-state index in [0.717, 1.165) is 18.5 Å². The highest BCUT2D eigenvalue weighted by molar-refractivity contribution is 7.20. The van der Waals surface area contributed by atoms with Crippen molar-refractivity contribution in [2.45, 2.75) is 123 Å². The smallest absolute Gasteiger partial charge is 0.223 e. The molecule has 10 heteroatoms. The largest absolute Gasteiger partial charge is 0.416 e. The van der Waals surface area contributed by atoms with Crippen molar-refractivity contribution >= 4 is 44.8 Å². The van der Waals surface area contributed by atoms with Crippen LogP contribution in [-0.2, 0) is 14.0 Å². The van der Waals surface area contributed by atoms with E-state index in [2.05, 4.69) is 91.8 Å². The Morgan fingerprint density at radius 2 is 1.21 bits per heavy atom. The van der Waals surface area contributed by atoms with Crippen LogP contribution in [0.5, 0.6) is 0 Å². The standard InChI is InChI=1S/C19H31NO2Si.C13H17NO2.C6H15ClSi.C4H5N/c1-15(17-10-8-7-9-11-17)20-13-16(12-18(20)21)14-22-23(5,6)19(2,3)4;1-10(12-5-3-2-4-6-12)14-8-11(9-15)7-13(14)16;1-6(2,3)8(4,5)7;1-2-4-5-3-1/h7-11,15-16H,12-14H2,1-6H3;2-6,10-11,15H,7-9H2,1H3;1-5H3;1,3-4H,2H2/t15-,16-;10-,11-;;/m11../s1. The van der Waals surface area contributed by atoms with E-state index in [1.165, 1.54) is 5.56 Å². The third-order valence-electron chi connectivity index (χ3n) is 11.0. The summed E-state index contributed by atoms with van der Waals surface area (Å²) >= 11 is 6.15. The molecule has 0 aliphatic carbocycles. The second-order valence-corrected chi connectivity index (χ2v) is 29.4. The van der Waals surface area contributed by atoms with Crippen LogP contribution in [0.1, 0.15) is 97.9 Å². The molecule has 290 valence electrons. The fourth-order valence-electron chi connectivity index (χ4n) is 5.27. The summed E-state index contributed by atoms with van der Waals surface area (Å²) in [5.41, 5.74) is 2.35. The van der Waals surface area contributed by atoms with Crippen molar-refractivity contribution < 1.29 is 19.1 Å². The molecule has 3 heterocycles. The van der Waals surface area contributed by atoms with Crippen molar-refractivity contribution in [2.24, 2.45) is 16.8 Å². The zero-order chi connectivity index (χ0) is 39.3. The average molecular weight is 771 g/mol. The van der Waals surface area contributed by atoms with Gasteiger partial charge in [0.25, 0.3) is 0 Å². The molecule has 3 aliphatic rings. The van der Waals surface area contributed by atoms with Crippen LogP contribution in [0.25, 0.3) is 0 Å². The molecule has 2 aromatic carbocycles. The fourth-order valence-corrected chi connectivity index (χ4v) is 6.35. The molecule has 7 nitrogen and oxygen atoms in total. The Balaban J connectivity index is 0.000000277. The third-order valence-corrected chi connectivity index (χ3v) is 20.8. The second-order valence-electron chi connectivity index (χ2n) is 17.3. The quantitative estimate of drug-likeness (QED) is 0.214. The lowest BCUT2D eigenvalue weighted by Crippen LogP contribution is -2.42. The number of hydrogen-bond acceptors (Lipinski definition) is 5. The lowest BCUT2D eigenvalue weighted by molar-refractivity contribution is -0.130. The van der Waals surface area contributed by atoms with E-state index in [4.69, 9.17) is 20.6 Å². The van der Waals surface area contributed by atoms with Gasteiger partial charge in [-0.2, -0.15) is 11.1 Å². The first-order chi connectivity index (χ1) is 24.1. The molecule has 2 aromatic rings. The maximum Gasteiger partial charge on any atom is 0.223 e. The number of carbonyl (C=O) groups excluding carboxylic acids is 2. The SMILES string of the molecule is C1=CN=CC1.CC(C)(C)[Si](C)(C)Cl.C[C@H](c1ccccc1)N1C[C@H](CO)CC1=O.C[C@H](c1ccccc1)N1C[C@H](CO[Si](C)(C)C(C)(C)C)CC1=O. The number of aliphatic imine (C=N–C) groups is 1. The van der Waals surface area contributed by atoms with Crippen molar-refractivity contribution in [3.8, 4) is 0 Å². The number of benzene rings is 2. The maximum atomic E-state index is 12.4. The molecule has 1 N–H and O–H groups in total. The van der Waals surface area contributed by atoms with E-state index in [9.17, 15) is 9.59 Å². The summed E-state index contributed by atoms with van der Waals surface area (Å²) in [6.45, 7) is 28.7. The van der Waals surface area contributed by atoms with Crippen molar-refractivity contribution in [1.29, 1.82) is 0 Å². The van der Waals surface area contributed by atoms with Gasteiger partial charge in [0.2, 0.25) is 11.8 Å². The van der Waals surface area contributed by atoms with Gasteiger partial charge < -0.3 is 19.3 Å². The molecule has 52 heavy (non-hydrogen) atoms. The zero-order valence-electron chi connectivity index (χ0n) is 34.2. The van der Waals surface area contributed by atoms with E-state index < -0.39 is 15.7 Å². The van der Waals surface area contributed by atoms with Crippen LogP contribution in [-0.4, -0.2) is 74.9 Å². The van der Waals surface area contributed by atoms with Crippen molar-refractivity contribution in [3.63, 3.8) is 0 Å². The number of likely N-dealkylation sites (tertiary alicyclic amines) is 2. The Hall–Kier alpha value is -2.57. The predicted molar refractivity (Wildman–Crippen MR) is 225 cm³/mol. The molecule has 0 spiro atoms. The number of amides is 2. The minimum atomic E-state index is -1.74. The van der Waals surface area contributed by atoms with Crippen LogP contribution in [0.2, 0.25) is 36.3 Å². The number of allylic oxidation sites excluding steroid dienone is 1. The van der Waals surface area contributed by atoms with Gasteiger partial charge in [-0.3, -0.25) is 14.6 Å². The Labute approximate surface area is 322 Å². The summed E-state index contributed by atoms with van der Waals surface area (Å²) in [5, 5.41) is 9.63. The third kappa shape index (κ3) is 14.3. The van der Waals surface area contributed by atoms with Gasteiger partial charge in [0.15, 0.2) is 15.7 Å². The Kier molecular flexibility index (Phi) is 17.7. The molecule has 0 aromatic heterocycles. The monoisotopic (exact) mass is 769 g/mol. The molecule has 0 unspecified atom stereocenters. The summed E-state index contributed by atoms with van der Waals surface area (Å²) in [5.74, 6) is 0.835. The lowest BCUT2D eigenvalue weighted by atomic mass is 10.1. The number of hydrogen-bond donors (Lipinski definition) is 1. The van der Waals surface area contributed by atoms with Crippen LogP contribution >= 0.6 is 11.1 Å². The second kappa shape index (κ2) is 20.2. The highest BCUT2D eigenvalue weighted by Gasteiger charge is 2.40. The summed E-state index contributed by atoms with van der Waals surface area (Å²) in [7, 11) is -3.12. The van der Waals surface area contributed by atoms with Gasteiger partial charge in [0.1, 0.15) is 0 Å². The normalized spacial score (nSPS) is 20.0. The van der Waals surface area contributed by atoms with Crippen LogP contribution < -0.4 is 0 Å². The van der Waals surface area contributed by atoms with Crippen molar-refractivity contribution in [1.82, 2.24) is 9.80 Å². The van der Waals surface area contributed by atoms with Crippen LogP contribution in [0.15, 0.2) is 77.9 Å². The first-order valence-electron chi connectivity index (χ1n) is 18.9. The summed E-state index contributed by atoms with van der Waals surface area (Å²) < 4.78 is 6.32. The van der Waals surface area contributed by atoms with Gasteiger partial charge in [-0.05, 0) is 48.1 Å². The van der Waals surface area contributed by atoms with E-state index in [1.807, 2.05) is 77.5 Å². The minimum absolute atomic E-state index is 0.101. The summed E-state index contributed by atoms with van der Waals surface area (Å²) in [6.07, 6.45) is 7.82. The van der Waals surface area contributed by atoms with E-state index >= 15 is 0 Å². The predicted octanol–water partition coefficient (Wildman–Crippen LogP) is 10.4. The maximum absolute atomic E-state index is 12.4. The van der Waals surface area contributed by atoms with E-state index in [1.54, 1.807) is 6.20 Å². The molecule has 0 saturated carbocycles. The molecule has 2 saturated heterocycles. The highest BCUT2D eigenvalue weighted by Crippen LogP contribution is 2.39. The fraction of sp³-hybridized carbons (Fsp3) is 0.595. The van der Waals surface area contributed by atoms with Gasteiger partial charge in [-0.1, -0.05) is 121 Å². The van der Waals surface area contributed by atoms with Crippen LogP contribution in [0, 0.1) is 11.8 Å². The minimum Gasteiger partial charge on any atom is -0.416 e. The Morgan fingerprint density at radius 1 is 0.788 bits per heavy atom. The zero-order valence-corrected chi connectivity index (χ0v) is 36.9. The first kappa shape index (κ1) is 45.6. The molecule has 2 amide bonds. The average Bonchev–Trinajstić information content (AvgIpc) is 3.86. The van der Waals surface area contributed by atoms with Gasteiger partial charge in [0, 0.05) is 69.8 Å². The molecule has 5 rings (SSSR count). The van der Waals surface area contributed by atoms with E-state index in [0.29, 0.717) is 36.9 Å². The van der Waals surface area contributed by atoms with E-state index in [-0.39, 0.29) is 41.5 Å². The molecular weight excluding hydrogens is 702 g/mol. The molecule has 0 bridgehead atoms. The van der Waals surface area contributed by atoms with Crippen LogP contribution in [0.3, 0.4) is 0 Å². The molecule has 2 fully saturated rings. The molecular formula is C42H68ClN3O4Si2. The van der Waals surface area contributed by atoms with Crippen molar-refractivity contribution in [3.05, 3.63) is 84.1 Å². The number of rotatable bonds is 8. The number of aliphatic hydroxyl groups is 1.